The molecular weight excluding hydrogens is 219 g/mol. The number of hydrogen-bond donors (Lipinski definition) is 3. The molecule has 0 saturated carbocycles. The summed E-state index contributed by atoms with van der Waals surface area (Å²) in [6, 6.07) is 8.06. The Bertz CT molecular complexity index is 478. The van der Waals surface area contributed by atoms with Crippen LogP contribution in [-0.2, 0) is 0 Å². The van der Waals surface area contributed by atoms with Gasteiger partial charge in [-0.3, -0.25) is 0 Å². The zero-order valence-corrected chi connectivity index (χ0v) is 9.36. The first kappa shape index (κ1) is 11.8. The van der Waals surface area contributed by atoms with E-state index in [2.05, 4.69) is 4.98 Å². The molecule has 1 unspecified atom stereocenters. The average Bonchev–Trinajstić information content (AvgIpc) is 2.80. The van der Waals surface area contributed by atoms with Crippen molar-refractivity contribution in [2.75, 3.05) is 6.54 Å². The second-order valence-corrected chi connectivity index (χ2v) is 3.95. The molecule has 3 nitrogen and oxygen atoms in total. The lowest BCUT2D eigenvalue weighted by Gasteiger charge is -2.05. The fraction of sp³-hybridized carbons (Fsp3) is 0.231. The molecule has 1 aromatic carbocycles. The van der Waals surface area contributed by atoms with Crippen molar-refractivity contribution >= 4 is 0 Å². The Balaban J connectivity index is 2.20. The molecule has 0 amide bonds. The first-order chi connectivity index (χ1) is 8.20. The molecule has 2 aromatic rings. The van der Waals surface area contributed by atoms with E-state index in [9.17, 15) is 9.50 Å². The van der Waals surface area contributed by atoms with Crippen molar-refractivity contribution in [1.82, 2.24) is 4.98 Å². The van der Waals surface area contributed by atoms with Crippen LogP contribution in [0.1, 0.15) is 18.1 Å². The van der Waals surface area contributed by atoms with Crippen LogP contribution in [0, 0.1) is 5.82 Å². The van der Waals surface area contributed by atoms with Gasteiger partial charge in [-0.1, -0.05) is 0 Å². The minimum absolute atomic E-state index is 0.260. The van der Waals surface area contributed by atoms with Crippen molar-refractivity contribution in [3.8, 4) is 11.3 Å². The Morgan fingerprint density at radius 2 is 2.00 bits per heavy atom. The van der Waals surface area contributed by atoms with Crippen LogP contribution in [-0.4, -0.2) is 16.6 Å². The Morgan fingerprint density at radius 1 is 1.29 bits per heavy atom. The average molecular weight is 234 g/mol. The fourth-order valence-electron chi connectivity index (χ4n) is 1.72. The quantitative estimate of drug-likeness (QED) is 0.759. The van der Waals surface area contributed by atoms with E-state index in [1.807, 2.05) is 6.07 Å². The van der Waals surface area contributed by atoms with Crippen molar-refractivity contribution in [3.05, 3.63) is 47.9 Å². The van der Waals surface area contributed by atoms with Crippen LogP contribution in [0.3, 0.4) is 0 Å². The summed E-state index contributed by atoms with van der Waals surface area (Å²) in [6.07, 6.45) is 1.73. The summed E-state index contributed by atoms with van der Waals surface area (Å²) >= 11 is 0. The summed E-state index contributed by atoms with van der Waals surface area (Å²) in [5.74, 6) is -0.260. The van der Waals surface area contributed by atoms with E-state index in [0.717, 1.165) is 16.8 Å². The highest BCUT2D eigenvalue weighted by atomic mass is 19.1. The minimum Gasteiger partial charge on any atom is -0.388 e. The van der Waals surface area contributed by atoms with Crippen LogP contribution < -0.4 is 5.73 Å². The molecule has 1 atom stereocenters. The summed E-state index contributed by atoms with van der Waals surface area (Å²) in [5, 5.41) is 9.76. The maximum atomic E-state index is 12.8. The normalized spacial score (nSPS) is 12.6. The maximum absolute atomic E-state index is 12.8. The van der Waals surface area contributed by atoms with E-state index < -0.39 is 6.10 Å². The fourth-order valence-corrected chi connectivity index (χ4v) is 1.72. The number of benzene rings is 1. The highest BCUT2D eigenvalue weighted by Crippen LogP contribution is 2.23. The zero-order valence-electron chi connectivity index (χ0n) is 9.36. The molecular formula is C13H15FN2O. The third-order valence-electron chi connectivity index (χ3n) is 2.69. The topological polar surface area (TPSA) is 62.0 Å². The Morgan fingerprint density at radius 3 is 2.65 bits per heavy atom. The monoisotopic (exact) mass is 234 g/mol. The van der Waals surface area contributed by atoms with Gasteiger partial charge < -0.3 is 15.8 Å². The molecule has 4 heteroatoms. The molecule has 0 saturated heterocycles. The highest BCUT2D eigenvalue weighted by Gasteiger charge is 2.09. The van der Waals surface area contributed by atoms with Gasteiger partial charge in [0, 0.05) is 11.9 Å². The first-order valence-corrected chi connectivity index (χ1v) is 5.53. The third-order valence-corrected chi connectivity index (χ3v) is 2.69. The standard InChI is InChI=1S/C13H15FN2O/c14-11-3-1-9(2-4-11)12-7-10(8-16-12)13(17)5-6-15/h1-4,7-8,13,16-17H,5-6,15H2. The molecule has 0 aliphatic carbocycles. The van der Waals surface area contributed by atoms with E-state index in [4.69, 9.17) is 5.73 Å². The molecule has 1 heterocycles. The van der Waals surface area contributed by atoms with Gasteiger partial charge in [0.25, 0.3) is 0 Å². The molecule has 4 N–H and O–H groups in total. The molecule has 17 heavy (non-hydrogen) atoms. The van der Waals surface area contributed by atoms with E-state index in [1.54, 1.807) is 18.3 Å². The van der Waals surface area contributed by atoms with Gasteiger partial charge in [0.05, 0.1) is 6.10 Å². The lowest BCUT2D eigenvalue weighted by atomic mass is 10.1. The minimum atomic E-state index is -0.551. The van der Waals surface area contributed by atoms with Crippen molar-refractivity contribution < 1.29 is 9.50 Å². The molecule has 0 bridgehead atoms. The summed E-state index contributed by atoms with van der Waals surface area (Å²) in [4.78, 5) is 3.06. The number of hydrogen-bond acceptors (Lipinski definition) is 2. The molecule has 0 fully saturated rings. The second kappa shape index (κ2) is 5.12. The van der Waals surface area contributed by atoms with Gasteiger partial charge in [0.15, 0.2) is 0 Å². The van der Waals surface area contributed by atoms with Gasteiger partial charge in [0.1, 0.15) is 5.82 Å². The predicted octanol–water partition coefficient (Wildman–Crippen LogP) is 2.20. The molecule has 90 valence electrons. The van der Waals surface area contributed by atoms with Crippen LogP contribution in [0.4, 0.5) is 4.39 Å². The molecule has 1 aromatic heterocycles. The number of aliphatic hydroxyl groups is 1. The number of halogens is 1. The lowest BCUT2D eigenvalue weighted by molar-refractivity contribution is 0.170. The Kier molecular flexibility index (Phi) is 3.56. The summed E-state index contributed by atoms with van der Waals surface area (Å²) in [7, 11) is 0. The highest BCUT2D eigenvalue weighted by molar-refractivity contribution is 5.60. The summed E-state index contributed by atoms with van der Waals surface area (Å²) in [6.45, 7) is 0.443. The Hall–Kier alpha value is -1.65. The molecule has 0 aliphatic rings. The summed E-state index contributed by atoms with van der Waals surface area (Å²) < 4.78 is 12.8. The van der Waals surface area contributed by atoms with E-state index in [-0.39, 0.29) is 5.82 Å². The van der Waals surface area contributed by atoms with Crippen molar-refractivity contribution in [2.24, 2.45) is 5.73 Å². The predicted molar refractivity (Wildman–Crippen MR) is 64.8 cm³/mol. The van der Waals surface area contributed by atoms with E-state index >= 15 is 0 Å². The van der Waals surface area contributed by atoms with E-state index in [0.29, 0.717) is 13.0 Å². The van der Waals surface area contributed by atoms with Crippen molar-refractivity contribution in [1.29, 1.82) is 0 Å². The molecule has 0 radical (unpaired) electrons. The number of rotatable bonds is 4. The molecule has 0 spiro atoms. The lowest BCUT2D eigenvalue weighted by Crippen LogP contribution is -2.05. The number of nitrogens with two attached hydrogens (primary N) is 1. The van der Waals surface area contributed by atoms with Gasteiger partial charge in [-0.05, 0) is 54.4 Å². The largest absolute Gasteiger partial charge is 0.388 e. The van der Waals surface area contributed by atoms with Crippen LogP contribution in [0.15, 0.2) is 36.5 Å². The number of aromatic amines is 1. The van der Waals surface area contributed by atoms with Gasteiger partial charge in [-0.15, -0.1) is 0 Å². The van der Waals surface area contributed by atoms with Crippen molar-refractivity contribution in [3.63, 3.8) is 0 Å². The number of aliphatic hydroxyl groups excluding tert-OH is 1. The van der Waals surface area contributed by atoms with Gasteiger partial charge in [-0.2, -0.15) is 0 Å². The Labute approximate surface area is 99.1 Å². The van der Waals surface area contributed by atoms with Crippen LogP contribution >= 0.6 is 0 Å². The number of nitrogens with one attached hydrogen (secondary N) is 1. The zero-order chi connectivity index (χ0) is 12.3. The smallest absolute Gasteiger partial charge is 0.123 e. The third kappa shape index (κ3) is 2.72. The van der Waals surface area contributed by atoms with Gasteiger partial charge >= 0.3 is 0 Å². The summed E-state index contributed by atoms with van der Waals surface area (Å²) in [5.41, 5.74) is 7.93. The second-order valence-electron chi connectivity index (χ2n) is 3.95. The first-order valence-electron chi connectivity index (χ1n) is 5.53. The maximum Gasteiger partial charge on any atom is 0.123 e. The molecule has 0 aliphatic heterocycles. The van der Waals surface area contributed by atoms with E-state index in [1.165, 1.54) is 12.1 Å². The molecule has 2 rings (SSSR count). The van der Waals surface area contributed by atoms with Crippen LogP contribution in [0.2, 0.25) is 0 Å². The van der Waals surface area contributed by atoms with Gasteiger partial charge in [-0.25, -0.2) is 4.39 Å². The van der Waals surface area contributed by atoms with Gasteiger partial charge in [0.2, 0.25) is 0 Å². The van der Waals surface area contributed by atoms with Crippen LogP contribution in [0.5, 0.6) is 0 Å². The van der Waals surface area contributed by atoms with Crippen molar-refractivity contribution in [2.45, 2.75) is 12.5 Å². The number of H-pyrrole nitrogens is 1. The number of aromatic nitrogens is 1. The van der Waals surface area contributed by atoms with Crippen LogP contribution in [0.25, 0.3) is 11.3 Å². The SMILES string of the molecule is NCCC(O)c1c[nH]c(-c2ccc(F)cc2)c1.